The first-order valence-corrected chi connectivity index (χ1v) is 7.36. The van der Waals surface area contributed by atoms with Crippen LogP contribution in [0.25, 0.3) is 0 Å². The SMILES string of the molecule is Cc1ccc(Cl)cc1C(N)Cc1sccc1Br. The highest BCUT2D eigenvalue weighted by atomic mass is 79.9. The zero-order valence-corrected chi connectivity index (χ0v) is 12.6. The number of aryl methyl sites for hydroxylation is 1. The summed E-state index contributed by atoms with van der Waals surface area (Å²) in [5.74, 6) is 0. The van der Waals surface area contributed by atoms with Crippen molar-refractivity contribution in [3.05, 3.63) is 55.1 Å². The van der Waals surface area contributed by atoms with Crippen LogP contribution >= 0.6 is 38.9 Å². The van der Waals surface area contributed by atoms with Crippen molar-refractivity contribution in [2.45, 2.75) is 19.4 Å². The molecule has 1 aromatic carbocycles. The summed E-state index contributed by atoms with van der Waals surface area (Å²) in [7, 11) is 0. The Labute approximate surface area is 119 Å². The van der Waals surface area contributed by atoms with Crippen LogP contribution in [-0.2, 0) is 6.42 Å². The van der Waals surface area contributed by atoms with Crippen molar-refractivity contribution < 1.29 is 0 Å². The molecule has 4 heteroatoms. The molecule has 0 aliphatic heterocycles. The highest BCUT2D eigenvalue weighted by molar-refractivity contribution is 9.10. The van der Waals surface area contributed by atoms with Crippen molar-refractivity contribution in [1.29, 1.82) is 0 Å². The third kappa shape index (κ3) is 3.10. The quantitative estimate of drug-likeness (QED) is 0.866. The van der Waals surface area contributed by atoms with Gasteiger partial charge in [-0.25, -0.2) is 0 Å². The second-order valence-corrected chi connectivity index (χ2v) is 6.29. The minimum absolute atomic E-state index is 0.0105. The summed E-state index contributed by atoms with van der Waals surface area (Å²) >= 11 is 11.3. The molecule has 2 N–H and O–H groups in total. The van der Waals surface area contributed by atoms with Crippen LogP contribution in [0.15, 0.2) is 34.1 Å². The Balaban J connectivity index is 2.23. The summed E-state index contributed by atoms with van der Waals surface area (Å²) in [6, 6.07) is 7.92. The van der Waals surface area contributed by atoms with E-state index in [-0.39, 0.29) is 6.04 Å². The summed E-state index contributed by atoms with van der Waals surface area (Å²) < 4.78 is 1.14. The number of halogens is 2. The van der Waals surface area contributed by atoms with Gasteiger partial charge in [0.2, 0.25) is 0 Å². The molecule has 1 unspecified atom stereocenters. The lowest BCUT2D eigenvalue weighted by Crippen LogP contribution is -2.14. The van der Waals surface area contributed by atoms with Gasteiger partial charge in [0.25, 0.3) is 0 Å². The Morgan fingerprint density at radius 2 is 2.18 bits per heavy atom. The molecule has 0 saturated heterocycles. The maximum atomic E-state index is 6.25. The number of thiophene rings is 1. The molecule has 0 saturated carbocycles. The van der Waals surface area contributed by atoms with E-state index in [0.29, 0.717) is 0 Å². The number of hydrogen-bond acceptors (Lipinski definition) is 2. The highest BCUT2D eigenvalue weighted by Crippen LogP contribution is 2.29. The van der Waals surface area contributed by atoms with Gasteiger partial charge >= 0.3 is 0 Å². The Kier molecular flexibility index (Phi) is 4.26. The van der Waals surface area contributed by atoms with Gasteiger partial charge in [0.05, 0.1) is 0 Å². The van der Waals surface area contributed by atoms with Gasteiger partial charge in [0, 0.05) is 26.8 Å². The van der Waals surface area contributed by atoms with E-state index in [9.17, 15) is 0 Å². The lowest BCUT2D eigenvalue weighted by molar-refractivity contribution is 0.723. The zero-order chi connectivity index (χ0) is 12.4. The first-order valence-electron chi connectivity index (χ1n) is 5.31. The maximum absolute atomic E-state index is 6.25. The third-order valence-electron chi connectivity index (χ3n) is 2.74. The van der Waals surface area contributed by atoms with E-state index < -0.39 is 0 Å². The van der Waals surface area contributed by atoms with Gasteiger partial charge in [-0.2, -0.15) is 0 Å². The molecule has 1 atom stereocenters. The van der Waals surface area contributed by atoms with Crippen LogP contribution in [0.2, 0.25) is 5.02 Å². The topological polar surface area (TPSA) is 26.0 Å². The lowest BCUT2D eigenvalue weighted by atomic mass is 9.99. The Morgan fingerprint density at radius 3 is 2.82 bits per heavy atom. The first kappa shape index (κ1) is 13.1. The normalized spacial score (nSPS) is 12.7. The van der Waals surface area contributed by atoms with Crippen LogP contribution in [0.5, 0.6) is 0 Å². The van der Waals surface area contributed by atoms with E-state index in [1.165, 1.54) is 10.4 Å². The van der Waals surface area contributed by atoms with Crippen LogP contribution in [0.4, 0.5) is 0 Å². The van der Waals surface area contributed by atoms with Crippen LogP contribution in [-0.4, -0.2) is 0 Å². The summed E-state index contributed by atoms with van der Waals surface area (Å²) in [5, 5.41) is 2.81. The van der Waals surface area contributed by atoms with Gasteiger partial charge in [-0.3, -0.25) is 0 Å². The second kappa shape index (κ2) is 5.53. The highest BCUT2D eigenvalue weighted by Gasteiger charge is 2.13. The molecule has 0 aliphatic carbocycles. The molecule has 0 aliphatic rings. The molecule has 0 fully saturated rings. The molecule has 1 nitrogen and oxygen atoms in total. The van der Waals surface area contributed by atoms with E-state index in [2.05, 4.69) is 34.3 Å². The monoisotopic (exact) mass is 329 g/mol. The van der Waals surface area contributed by atoms with E-state index in [4.69, 9.17) is 17.3 Å². The third-order valence-corrected chi connectivity index (χ3v) is 4.92. The molecule has 90 valence electrons. The van der Waals surface area contributed by atoms with Crippen molar-refractivity contribution >= 4 is 38.9 Å². The van der Waals surface area contributed by atoms with E-state index in [1.807, 2.05) is 18.2 Å². The molecule has 0 amide bonds. The van der Waals surface area contributed by atoms with Crippen molar-refractivity contribution in [2.75, 3.05) is 0 Å². The summed E-state index contributed by atoms with van der Waals surface area (Å²) in [6.45, 7) is 2.06. The minimum Gasteiger partial charge on any atom is -0.324 e. The van der Waals surface area contributed by atoms with Crippen LogP contribution in [0.3, 0.4) is 0 Å². The maximum Gasteiger partial charge on any atom is 0.0409 e. The first-order chi connectivity index (χ1) is 8.08. The van der Waals surface area contributed by atoms with Crippen molar-refractivity contribution in [2.24, 2.45) is 5.73 Å². The molecule has 2 rings (SSSR count). The second-order valence-electron chi connectivity index (χ2n) is 4.00. The molecule has 0 bridgehead atoms. The fraction of sp³-hybridized carbons (Fsp3) is 0.231. The van der Waals surface area contributed by atoms with E-state index in [1.54, 1.807) is 11.3 Å². The van der Waals surface area contributed by atoms with E-state index in [0.717, 1.165) is 21.5 Å². The summed E-state index contributed by atoms with van der Waals surface area (Å²) in [4.78, 5) is 1.27. The number of nitrogens with two attached hydrogens (primary N) is 1. The van der Waals surface area contributed by atoms with Gasteiger partial charge in [0.15, 0.2) is 0 Å². The molecule has 1 heterocycles. The number of rotatable bonds is 3. The van der Waals surface area contributed by atoms with Gasteiger partial charge in [-0.1, -0.05) is 17.7 Å². The molecule has 0 radical (unpaired) electrons. The predicted molar refractivity (Wildman–Crippen MR) is 78.8 cm³/mol. The molecule has 0 spiro atoms. The molecular formula is C13H13BrClNS. The predicted octanol–water partition coefficient (Wildman–Crippen LogP) is 4.71. The van der Waals surface area contributed by atoms with Crippen molar-refractivity contribution in [3.8, 4) is 0 Å². The molecule has 1 aromatic heterocycles. The summed E-state index contributed by atoms with van der Waals surface area (Å²) in [6.07, 6.45) is 0.833. The lowest BCUT2D eigenvalue weighted by Gasteiger charge is -2.14. The van der Waals surface area contributed by atoms with Gasteiger partial charge in [0.1, 0.15) is 0 Å². The Hall–Kier alpha value is -0.350. The summed E-state index contributed by atoms with van der Waals surface area (Å²) in [5.41, 5.74) is 8.56. The number of benzene rings is 1. The van der Waals surface area contributed by atoms with Gasteiger partial charge in [-0.05, 0) is 57.6 Å². The smallest absolute Gasteiger partial charge is 0.0409 e. The molecule has 17 heavy (non-hydrogen) atoms. The number of hydrogen-bond donors (Lipinski definition) is 1. The average molecular weight is 331 g/mol. The van der Waals surface area contributed by atoms with Crippen molar-refractivity contribution in [3.63, 3.8) is 0 Å². The van der Waals surface area contributed by atoms with Gasteiger partial charge < -0.3 is 5.73 Å². The fourth-order valence-corrected chi connectivity index (χ4v) is 3.55. The molecule has 2 aromatic rings. The largest absolute Gasteiger partial charge is 0.324 e. The van der Waals surface area contributed by atoms with Gasteiger partial charge in [-0.15, -0.1) is 11.3 Å². The minimum atomic E-state index is -0.0105. The zero-order valence-electron chi connectivity index (χ0n) is 9.41. The average Bonchev–Trinajstić information content (AvgIpc) is 2.68. The van der Waals surface area contributed by atoms with E-state index >= 15 is 0 Å². The molecular weight excluding hydrogens is 318 g/mol. The standard InChI is InChI=1S/C13H13BrClNS/c1-8-2-3-9(15)6-10(8)12(16)7-13-11(14)4-5-17-13/h2-6,12H,7,16H2,1H3. The fourth-order valence-electron chi connectivity index (χ4n) is 1.79. The Bertz CT molecular complexity index is 524. The van der Waals surface area contributed by atoms with Crippen molar-refractivity contribution in [1.82, 2.24) is 0 Å². The van der Waals surface area contributed by atoms with Crippen LogP contribution < -0.4 is 5.73 Å². The van der Waals surface area contributed by atoms with Crippen LogP contribution in [0.1, 0.15) is 22.0 Å². The Morgan fingerprint density at radius 1 is 1.41 bits per heavy atom. The van der Waals surface area contributed by atoms with Crippen LogP contribution in [0, 0.1) is 6.92 Å².